The number of hydrogen-bond acceptors (Lipinski definition) is 6. The Morgan fingerprint density at radius 3 is 2.80 bits per heavy atom. The highest BCUT2D eigenvalue weighted by Crippen LogP contribution is 2.31. The second-order valence-electron chi connectivity index (χ2n) is 6.16. The van der Waals surface area contributed by atoms with Crippen LogP contribution in [0.25, 0.3) is 11.0 Å². The minimum absolute atomic E-state index is 0.0747. The van der Waals surface area contributed by atoms with Gasteiger partial charge in [-0.1, -0.05) is 0 Å². The van der Waals surface area contributed by atoms with Gasteiger partial charge >= 0.3 is 5.97 Å². The van der Waals surface area contributed by atoms with Gasteiger partial charge < -0.3 is 26.0 Å². The molecular formula is C16H20FN5O3. The maximum Gasteiger partial charge on any atom is 0.341 e. The van der Waals surface area contributed by atoms with Crippen molar-refractivity contribution < 1.29 is 14.3 Å². The van der Waals surface area contributed by atoms with Crippen LogP contribution in [0.1, 0.15) is 23.7 Å². The normalized spacial score (nSPS) is 17.4. The number of nitrogens with two attached hydrogens (primary N) is 2. The molecule has 2 aromatic heterocycles. The monoisotopic (exact) mass is 349 g/mol. The van der Waals surface area contributed by atoms with E-state index in [9.17, 15) is 19.1 Å². The van der Waals surface area contributed by atoms with E-state index in [0.717, 1.165) is 6.42 Å². The first-order valence-corrected chi connectivity index (χ1v) is 8.09. The first-order chi connectivity index (χ1) is 11.9. The molecule has 0 radical (unpaired) electrons. The Morgan fingerprint density at radius 1 is 1.52 bits per heavy atom. The number of nitrogen functional groups attached to an aromatic ring is 1. The van der Waals surface area contributed by atoms with Crippen molar-refractivity contribution >= 4 is 28.5 Å². The second-order valence-corrected chi connectivity index (χ2v) is 6.16. The van der Waals surface area contributed by atoms with Gasteiger partial charge in [0.05, 0.1) is 11.1 Å². The van der Waals surface area contributed by atoms with Crippen LogP contribution in [-0.2, 0) is 6.54 Å². The predicted octanol–water partition coefficient (Wildman–Crippen LogP) is 0.621. The lowest BCUT2D eigenvalue weighted by Gasteiger charge is -2.21. The van der Waals surface area contributed by atoms with Gasteiger partial charge in [0.1, 0.15) is 11.2 Å². The summed E-state index contributed by atoms with van der Waals surface area (Å²) >= 11 is 0. The van der Waals surface area contributed by atoms with Gasteiger partial charge in [-0.25, -0.2) is 14.2 Å². The van der Waals surface area contributed by atoms with Gasteiger partial charge in [-0.15, -0.1) is 0 Å². The van der Waals surface area contributed by atoms with E-state index in [1.54, 1.807) is 11.8 Å². The fourth-order valence-electron chi connectivity index (χ4n) is 3.22. The van der Waals surface area contributed by atoms with Crippen LogP contribution in [0.2, 0.25) is 0 Å². The number of aryl methyl sites for hydroxylation is 1. The molecule has 3 rings (SSSR count). The lowest BCUT2D eigenvalue weighted by atomic mass is 10.1. The van der Waals surface area contributed by atoms with Crippen molar-refractivity contribution in [3.8, 4) is 0 Å². The molecule has 0 bridgehead atoms. The Hall–Kier alpha value is -2.68. The van der Waals surface area contributed by atoms with E-state index in [2.05, 4.69) is 4.98 Å². The highest BCUT2D eigenvalue weighted by atomic mass is 19.1. The highest BCUT2D eigenvalue weighted by molar-refractivity contribution is 5.96. The summed E-state index contributed by atoms with van der Waals surface area (Å²) in [5.74, 6) is -1.86. The molecule has 3 heterocycles. The van der Waals surface area contributed by atoms with Crippen molar-refractivity contribution in [2.45, 2.75) is 19.9 Å². The van der Waals surface area contributed by atoms with E-state index < -0.39 is 22.8 Å². The van der Waals surface area contributed by atoms with E-state index >= 15 is 0 Å². The van der Waals surface area contributed by atoms with Gasteiger partial charge in [-0.3, -0.25) is 4.79 Å². The Morgan fingerprint density at radius 2 is 2.24 bits per heavy atom. The summed E-state index contributed by atoms with van der Waals surface area (Å²) in [5.41, 5.74) is 10.1. The van der Waals surface area contributed by atoms with Gasteiger partial charge in [-0.05, 0) is 25.8 Å². The molecule has 1 unspecified atom stereocenters. The highest BCUT2D eigenvalue weighted by Gasteiger charge is 2.28. The van der Waals surface area contributed by atoms with Crippen LogP contribution in [0.5, 0.6) is 0 Å². The van der Waals surface area contributed by atoms with E-state index in [1.165, 1.54) is 10.8 Å². The molecule has 8 nitrogen and oxygen atoms in total. The summed E-state index contributed by atoms with van der Waals surface area (Å²) in [6.07, 6.45) is 2.04. The first-order valence-electron chi connectivity index (χ1n) is 8.09. The molecular weight excluding hydrogens is 329 g/mol. The molecule has 0 aromatic carbocycles. The summed E-state index contributed by atoms with van der Waals surface area (Å²) < 4.78 is 16.3. The third kappa shape index (κ3) is 2.70. The molecule has 1 fully saturated rings. The van der Waals surface area contributed by atoms with Crippen molar-refractivity contribution in [2.75, 3.05) is 30.3 Å². The van der Waals surface area contributed by atoms with Crippen LogP contribution < -0.4 is 21.8 Å². The van der Waals surface area contributed by atoms with Crippen LogP contribution in [-0.4, -0.2) is 40.3 Å². The largest absolute Gasteiger partial charge is 0.477 e. The number of nitrogens with zero attached hydrogens (tertiary/aromatic N) is 3. The molecule has 5 N–H and O–H groups in total. The average molecular weight is 349 g/mol. The van der Waals surface area contributed by atoms with Gasteiger partial charge in [0, 0.05) is 25.8 Å². The first kappa shape index (κ1) is 17.2. The summed E-state index contributed by atoms with van der Waals surface area (Å²) in [5, 5.41) is 9.00. The molecule has 0 amide bonds. The molecule has 25 heavy (non-hydrogen) atoms. The van der Waals surface area contributed by atoms with Crippen molar-refractivity contribution in [3.63, 3.8) is 0 Å². The van der Waals surface area contributed by atoms with Gasteiger partial charge in [0.15, 0.2) is 11.6 Å². The maximum absolute atomic E-state index is 14.8. The molecule has 0 saturated carbocycles. The molecule has 1 aliphatic heterocycles. The SMILES string of the molecule is CCn1cc(C(=O)O)c(=O)c2c(N)c(F)c(N3CCC(CN)C3)nc21. The van der Waals surface area contributed by atoms with Crippen molar-refractivity contribution in [1.29, 1.82) is 0 Å². The van der Waals surface area contributed by atoms with E-state index in [1.807, 2.05) is 0 Å². The quantitative estimate of drug-likeness (QED) is 0.738. The van der Waals surface area contributed by atoms with E-state index in [4.69, 9.17) is 11.5 Å². The number of fused-ring (bicyclic) bond motifs is 1. The Labute approximate surface area is 142 Å². The van der Waals surface area contributed by atoms with E-state index in [-0.39, 0.29) is 28.5 Å². The summed E-state index contributed by atoms with van der Waals surface area (Å²) in [4.78, 5) is 29.8. The number of carbonyl (C=O) groups is 1. The molecule has 9 heteroatoms. The van der Waals surface area contributed by atoms with Crippen molar-refractivity contribution in [2.24, 2.45) is 11.7 Å². The standard InChI is InChI=1S/C16H20FN5O3/c1-2-21-7-9(16(24)25)13(23)10-12(19)11(17)15(20-14(10)21)22-4-3-8(5-18)6-22/h7-8H,2-6,18H2,1H3,(H2,19,20)(H,24,25). The zero-order valence-electron chi connectivity index (χ0n) is 13.8. The van der Waals surface area contributed by atoms with Crippen LogP contribution >= 0.6 is 0 Å². The number of halogens is 1. The number of aromatic carboxylic acids is 1. The molecule has 1 atom stereocenters. The predicted molar refractivity (Wildman–Crippen MR) is 92.4 cm³/mol. The summed E-state index contributed by atoms with van der Waals surface area (Å²) in [6.45, 7) is 3.80. The molecule has 2 aromatic rings. The molecule has 0 spiro atoms. The number of rotatable bonds is 4. The van der Waals surface area contributed by atoms with E-state index in [0.29, 0.717) is 26.2 Å². The number of aromatic nitrogens is 2. The lowest BCUT2D eigenvalue weighted by Crippen LogP contribution is -2.27. The number of carboxylic acid groups (broad SMARTS) is 1. The molecule has 0 aliphatic carbocycles. The van der Waals surface area contributed by atoms with Crippen molar-refractivity contribution in [1.82, 2.24) is 9.55 Å². The third-order valence-corrected chi connectivity index (χ3v) is 4.66. The Kier molecular flexibility index (Phi) is 4.34. The average Bonchev–Trinajstić information content (AvgIpc) is 3.06. The second kappa shape index (κ2) is 6.32. The molecule has 1 saturated heterocycles. The van der Waals surface area contributed by atoms with Gasteiger partial charge in [0.2, 0.25) is 5.43 Å². The Balaban J connectivity index is 2.27. The smallest absolute Gasteiger partial charge is 0.341 e. The van der Waals surface area contributed by atoms with Gasteiger partial charge in [0.25, 0.3) is 0 Å². The van der Waals surface area contributed by atoms with Crippen molar-refractivity contribution in [3.05, 3.63) is 27.8 Å². The fourth-order valence-corrected chi connectivity index (χ4v) is 3.22. The lowest BCUT2D eigenvalue weighted by molar-refractivity contribution is 0.0695. The number of pyridine rings is 2. The maximum atomic E-state index is 14.8. The number of hydrogen-bond donors (Lipinski definition) is 3. The fraction of sp³-hybridized carbons (Fsp3) is 0.438. The minimum Gasteiger partial charge on any atom is -0.477 e. The van der Waals surface area contributed by atoms with Crippen LogP contribution in [0.3, 0.4) is 0 Å². The summed E-state index contributed by atoms with van der Waals surface area (Å²) in [6, 6.07) is 0. The van der Waals surface area contributed by atoms with Crippen LogP contribution in [0.4, 0.5) is 15.9 Å². The zero-order valence-corrected chi connectivity index (χ0v) is 13.8. The topological polar surface area (TPSA) is 127 Å². The minimum atomic E-state index is -1.39. The molecule has 1 aliphatic rings. The van der Waals surface area contributed by atoms with Crippen LogP contribution in [0.15, 0.2) is 11.0 Å². The number of anilines is 2. The third-order valence-electron chi connectivity index (χ3n) is 4.66. The summed E-state index contributed by atoms with van der Waals surface area (Å²) in [7, 11) is 0. The number of carboxylic acids is 1. The van der Waals surface area contributed by atoms with Crippen LogP contribution in [0, 0.1) is 11.7 Å². The van der Waals surface area contributed by atoms with Gasteiger partial charge in [-0.2, -0.15) is 0 Å². The zero-order chi connectivity index (χ0) is 18.3. The Bertz CT molecular complexity index is 911. The molecule has 134 valence electrons.